The second-order valence-corrected chi connectivity index (χ2v) is 9.22. The monoisotopic (exact) mass is 573 g/mol. The molecule has 2 atom stereocenters. The Hall–Kier alpha value is -2.98. The molecule has 4 rings (SSSR count). The Labute approximate surface area is 217 Å². The summed E-state index contributed by atoms with van der Waals surface area (Å²) in [6.45, 7) is 4.40. The molecule has 0 radical (unpaired) electrons. The fraction of sp³-hybridized carbons (Fsp3) is 0.545. The van der Waals surface area contributed by atoms with E-state index in [0.717, 1.165) is 38.4 Å². The molecule has 2 aromatic rings. The molecule has 0 bridgehead atoms. The minimum Gasteiger partial charge on any atom is -0.492 e. The van der Waals surface area contributed by atoms with Crippen molar-refractivity contribution in [2.24, 2.45) is 5.92 Å². The number of alkyl halides is 6. The number of hydrogen-bond acceptors (Lipinski definition) is 8. The fourth-order valence-corrected chi connectivity index (χ4v) is 4.57. The molecule has 38 heavy (non-hydrogen) atoms. The first-order valence-corrected chi connectivity index (χ1v) is 12.0. The first kappa shape index (κ1) is 31.2. The van der Waals surface area contributed by atoms with Gasteiger partial charge >= 0.3 is 24.3 Å². The quantitative estimate of drug-likeness (QED) is 0.506. The average molecular weight is 574 g/mol. The molecule has 0 unspecified atom stereocenters. The number of ether oxygens (including phenoxy) is 2. The molecule has 0 aromatic carbocycles. The van der Waals surface area contributed by atoms with Crippen LogP contribution in [0.1, 0.15) is 24.3 Å². The molecule has 1 saturated carbocycles. The highest BCUT2D eigenvalue weighted by Crippen LogP contribution is 2.41. The molecular weight excluding hydrogens is 548 g/mol. The lowest BCUT2D eigenvalue weighted by Crippen LogP contribution is -2.54. The van der Waals surface area contributed by atoms with Crippen LogP contribution < -0.4 is 4.74 Å². The Kier molecular flexibility index (Phi) is 11.3. The summed E-state index contributed by atoms with van der Waals surface area (Å²) in [6, 6.07) is 3.87. The van der Waals surface area contributed by atoms with Crippen molar-refractivity contribution in [1.82, 2.24) is 14.9 Å². The number of thiazole rings is 1. The SMILES string of the molecule is O=C(O)C(F)(F)F.O=C(O)C(F)(F)F.c1cncc(OC[C@H]2CCC[C@]23CN(Cc2nccs2)CCO3)c1. The molecule has 0 amide bonds. The van der Waals surface area contributed by atoms with Gasteiger partial charge in [-0.1, -0.05) is 0 Å². The smallest absolute Gasteiger partial charge is 0.490 e. The molecule has 2 fully saturated rings. The Balaban J connectivity index is 0.000000301. The highest BCUT2D eigenvalue weighted by Gasteiger charge is 2.47. The zero-order chi connectivity index (χ0) is 28.4. The molecule has 1 spiro atoms. The minimum atomic E-state index is -5.08. The van der Waals surface area contributed by atoms with Gasteiger partial charge in [0.05, 0.1) is 31.6 Å². The summed E-state index contributed by atoms with van der Waals surface area (Å²) in [5.41, 5.74) is -0.0578. The molecule has 212 valence electrons. The van der Waals surface area contributed by atoms with Gasteiger partial charge in [-0.3, -0.25) is 9.88 Å². The first-order chi connectivity index (χ1) is 17.7. The van der Waals surface area contributed by atoms with Crippen molar-refractivity contribution in [2.75, 3.05) is 26.3 Å². The van der Waals surface area contributed by atoms with Crippen LogP contribution in [0, 0.1) is 5.92 Å². The van der Waals surface area contributed by atoms with E-state index in [1.54, 1.807) is 23.7 Å². The van der Waals surface area contributed by atoms with E-state index in [1.165, 1.54) is 17.8 Å². The van der Waals surface area contributed by atoms with Gasteiger partial charge < -0.3 is 19.7 Å². The number of carboxylic acids is 2. The summed E-state index contributed by atoms with van der Waals surface area (Å²) in [7, 11) is 0. The maximum Gasteiger partial charge on any atom is 0.490 e. The number of carboxylic acid groups (broad SMARTS) is 2. The number of rotatable bonds is 5. The lowest BCUT2D eigenvalue weighted by Gasteiger charge is -2.43. The van der Waals surface area contributed by atoms with E-state index < -0.39 is 24.3 Å². The molecule has 1 aliphatic heterocycles. The molecule has 1 saturated heterocycles. The topological polar surface area (TPSA) is 122 Å². The first-order valence-electron chi connectivity index (χ1n) is 11.1. The summed E-state index contributed by atoms with van der Waals surface area (Å²) >= 11 is 1.73. The van der Waals surface area contributed by atoms with Crippen molar-refractivity contribution in [3.05, 3.63) is 41.1 Å². The Morgan fingerprint density at radius 3 is 2.34 bits per heavy atom. The predicted octanol–water partition coefficient (Wildman–Crippen LogP) is 4.25. The summed E-state index contributed by atoms with van der Waals surface area (Å²) in [5, 5.41) is 17.5. The van der Waals surface area contributed by atoms with Crippen LogP contribution in [-0.2, 0) is 20.9 Å². The molecule has 2 aliphatic rings. The number of aliphatic carboxylic acids is 2. The second-order valence-electron chi connectivity index (χ2n) is 8.24. The highest BCUT2D eigenvalue weighted by atomic mass is 32.1. The van der Waals surface area contributed by atoms with Gasteiger partial charge in [0.15, 0.2) is 0 Å². The maximum absolute atomic E-state index is 10.6. The average Bonchev–Trinajstić information content (AvgIpc) is 3.48. The molecule has 2 aromatic heterocycles. The number of pyridine rings is 1. The van der Waals surface area contributed by atoms with Crippen LogP contribution in [0.25, 0.3) is 0 Å². The molecule has 1 aliphatic carbocycles. The van der Waals surface area contributed by atoms with Gasteiger partial charge in [0.25, 0.3) is 0 Å². The van der Waals surface area contributed by atoms with Crippen LogP contribution in [0.3, 0.4) is 0 Å². The van der Waals surface area contributed by atoms with Gasteiger partial charge in [0.1, 0.15) is 10.8 Å². The predicted molar refractivity (Wildman–Crippen MR) is 121 cm³/mol. The van der Waals surface area contributed by atoms with E-state index in [2.05, 4.69) is 14.9 Å². The highest BCUT2D eigenvalue weighted by molar-refractivity contribution is 7.09. The number of halogens is 6. The van der Waals surface area contributed by atoms with E-state index in [4.69, 9.17) is 29.3 Å². The Morgan fingerprint density at radius 1 is 1.16 bits per heavy atom. The van der Waals surface area contributed by atoms with Crippen molar-refractivity contribution in [2.45, 2.75) is 43.8 Å². The van der Waals surface area contributed by atoms with E-state index in [1.807, 2.05) is 23.7 Å². The van der Waals surface area contributed by atoms with Crippen LogP contribution in [0.4, 0.5) is 26.3 Å². The van der Waals surface area contributed by atoms with Gasteiger partial charge in [0, 0.05) is 36.8 Å². The maximum atomic E-state index is 10.6. The fourth-order valence-electron chi connectivity index (χ4n) is 3.92. The lowest BCUT2D eigenvalue weighted by molar-refractivity contribution is -0.193. The van der Waals surface area contributed by atoms with Crippen LogP contribution in [0.15, 0.2) is 36.1 Å². The largest absolute Gasteiger partial charge is 0.492 e. The van der Waals surface area contributed by atoms with Gasteiger partial charge in [-0.05, 0) is 31.4 Å². The third-order valence-electron chi connectivity index (χ3n) is 5.60. The van der Waals surface area contributed by atoms with Crippen molar-refractivity contribution in [3.8, 4) is 5.75 Å². The third-order valence-corrected chi connectivity index (χ3v) is 6.36. The molecule has 16 heteroatoms. The second kappa shape index (κ2) is 13.7. The molecular formula is C22H25F6N3O6S. The number of hydrogen-bond donors (Lipinski definition) is 2. The van der Waals surface area contributed by atoms with Gasteiger partial charge in [-0.15, -0.1) is 11.3 Å². The van der Waals surface area contributed by atoms with Crippen LogP contribution in [-0.4, -0.2) is 81.3 Å². The van der Waals surface area contributed by atoms with Gasteiger partial charge in [-0.25, -0.2) is 14.6 Å². The van der Waals surface area contributed by atoms with E-state index in [-0.39, 0.29) is 5.60 Å². The minimum absolute atomic E-state index is 0.0578. The van der Waals surface area contributed by atoms with E-state index >= 15 is 0 Å². The zero-order valence-electron chi connectivity index (χ0n) is 19.7. The summed E-state index contributed by atoms with van der Waals surface area (Å²) in [6.07, 6.45) is -1.22. The van der Waals surface area contributed by atoms with Crippen molar-refractivity contribution < 1.29 is 55.6 Å². The normalized spacial score (nSPS) is 21.6. The van der Waals surface area contributed by atoms with Crippen molar-refractivity contribution in [1.29, 1.82) is 0 Å². The van der Waals surface area contributed by atoms with E-state index in [0.29, 0.717) is 12.5 Å². The van der Waals surface area contributed by atoms with Crippen LogP contribution >= 0.6 is 11.3 Å². The van der Waals surface area contributed by atoms with E-state index in [9.17, 15) is 26.3 Å². The van der Waals surface area contributed by atoms with Crippen molar-refractivity contribution >= 4 is 23.3 Å². The number of carbonyl (C=O) groups is 2. The summed E-state index contributed by atoms with van der Waals surface area (Å²) < 4.78 is 75.8. The molecule has 3 heterocycles. The molecule has 2 N–H and O–H groups in total. The number of nitrogens with zero attached hydrogens (tertiary/aromatic N) is 3. The van der Waals surface area contributed by atoms with Gasteiger partial charge in [-0.2, -0.15) is 26.3 Å². The Bertz CT molecular complexity index is 985. The number of morpholine rings is 1. The summed E-state index contributed by atoms with van der Waals surface area (Å²) in [4.78, 5) is 28.8. The number of aromatic nitrogens is 2. The standard InChI is InChI=1S/C18H23N3O2S.2C2HF3O2/c1-3-15(13-22-16-4-2-6-19-11-16)18(5-1)14-21(8-9-23-18)12-17-20-7-10-24-17;2*3-2(4,5)1(6)7/h2,4,6-7,10-11,15H,1,3,5,8-9,12-14H2;2*(H,6,7)/t15-,18+;;/m1../s1. The van der Waals surface area contributed by atoms with Crippen LogP contribution in [0.5, 0.6) is 5.75 Å². The molecule has 9 nitrogen and oxygen atoms in total. The third kappa shape index (κ3) is 10.1. The van der Waals surface area contributed by atoms with Gasteiger partial charge in [0.2, 0.25) is 0 Å². The summed E-state index contributed by atoms with van der Waals surface area (Å²) in [5.74, 6) is -4.23. The Morgan fingerprint density at radius 2 is 1.82 bits per heavy atom. The zero-order valence-corrected chi connectivity index (χ0v) is 20.6. The lowest BCUT2D eigenvalue weighted by atomic mass is 9.89. The van der Waals surface area contributed by atoms with Crippen molar-refractivity contribution in [3.63, 3.8) is 0 Å². The van der Waals surface area contributed by atoms with Crippen LogP contribution in [0.2, 0.25) is 0 Å².